The van der Waals surface area contributed by atoms with Gasteiger partial charge in [0.15, 0.2) is 0 Å². The Kier molecular flexibility index (Phi) is 5.33. The summed E-state index contributed by atoms with van der Waals surface area (Å²) in [5, 5.41) is 3.46. The summed E-state index contributed by atoms with van der Waals surface area (Å²) in [6, 6.07) is 8.88. The fourth-order valence-corrected chi connectivity index (χ4v) is 1.71. The van der Waals surface area contributed by atoms with E-state index in [1.165, 1.54) is 5.56 Å². The van der Waals surface area contributed by atoms with E-state index in [0.29, 0.717) is 12.0 Å². The standard InChI is InChI=1S/C14H23NO/c1-11(2)15-10-12(3)8-13-6-5-7-14(9-13)16-4/h5-7,9,11-12,15H,8,10H2,1-4H3. The van der Waals surface area contributed by atoms with E-state index in [9.17, 15) is 0 Å². The first-order valence-corrected chi connectivity index (χ1v) is 5.98. The third-order valence-corrected chi connectivity index (χ3v) is 2.59. The third-order valence-electron chi connectivity index (χ3n) is 2.59. The van der Waals surface area contributed by atoms with Gasteiger partial charge in [0.2, 0.25) is 0 Å². The van der Waals surface area contributed by atoms with E-state index in [4.69, 9.17) is 4.74 Å². The summed E-state index contributed by atoms with van der Waals surface area (Å²) in [6.45, 7) is 7.69. The molecule has 0 heterocycles. The van der Waals surface area contributed by atoms with Crippen LogP contribution in [0.25, 0.3) is 0 Å². The van der Waals surface area contributed by atoms with Gasteiger partial charge in [0.1, 0.15) is 5.75 Å². The van der Waals surface area contributed by atoms with Gasteiger partial charge < -0.3 is 10.1 Å². The highest BCUT2D eigenvalue weighted by molar-refractivity contribution is 5.28. The Morgan fingerprint density at radius 2 is 2.00 bits per heavy atom. The molecule has 0 fully saturated rings. The summed E-state index contributed by atoms with van der Waals surface area (Å²) < 4.78 is 5.22. The number of benzene rings is 1. The van der Waals surface area contributed by atoms with Crippen LogP contribution in [0.4, 0.5) is 0 Å². The first-order valence-electron chi connectivity index (χ1n) is 5.98. The fourth-order valence-electron chi connectivity index (χ4n) is 1.71. The highest BCUT2D eigenvalue weighted by atomic mass is 16.5. The van der Waals surface area contributed by atoms with Crippen molar-refractivity contribution in [2.45, 2.75) is 33.2 Å². The van der Waals surface area contributed by atoms with E-state index in [0.717, 1.165) is 18.7 Å². The Bertz CT molecular complexity index is 309. The van der Waals surface area contributed by atoms with Crippen LogP contribution in [0.15, 0.2) is 24.3 Å². The van der Waals surface area contributed by atoms with Crippen molar-refractivity contribution in [2.75, 3.05) is 13.7 Å². The molecule has 1 aromatic rings. The minimum Gasteiger partial charge on any atom is -0.497 e. The molecule has 0 bridgehead atoms. The summed E-state index contributed by atoms with van der Waals surface area (Å²) in [4.78, 5) is 0. The van der Waals surface area contributed by atoms with Crippen LogP contribution in [0.1, 0.15) is 26.3 Å². The number of hydrogen-bond acceptors (Lipinski definition) is 2. The zero-order valence-corrected chi connectivity index (χ0v) is 10.8. The lowest BCUT2D eigenvalue weighted by Crippen LogP contribution is -2.28. The van der Waals surface area contributed by atoms with E-state index in [2.05, 4.69) is 44.3 Å². The van der Waals surface area contributed by atoms with Crippen molar-refractivity contribution >= 4 is 0 Å². The molecular weight excluding hydrogens is 198 g/mol. The molecule has 0 amide bonds. The lowest BCUT2D eigenvalue weighted by molar-refractivity contribution is 0.413. The van der Waals surface area contributed by atoms with Crippen LogP contribution < -0.4 is 10.1 Å². The Balaban J connectivity index is 2.45. The van der Waals surface area contributed by atoms with Crippen LogP contribution in [-0.2, 0) is 6.42 Å². The molecule has 0 aromatic heterocycles. The van der Waals surface area contributed by atoms with Gasteiger partial charge in [-0.25, -0.2) is 0 Å². The molecule has 1 unspecified atom stereocenters. The number of hydrogen-bond donors (Lipinski definition) is 1. The van der Waals surface area contributed by atoms with Gasteiger partial charge >= 0.3 is 0 Å². The Morgan fingerprint density at radius 1 is 1.25 bits per heavy atom. The van der Waals surface area contributed by atoms with E-state index in [1.807, 2.05) is 6.07 Å². The van der Waals surface area contributed by atoms with E-state index in [1.54, 1.807) is 7.11 Å². The minimum absolute atomic E-state index is 0.563. The molecule has 0 aliphatic heterocycles. The smallest absolute Gasteiger partial charge is 0.119 e. The second-order valence-corrected chi connectivity index (χ2v) is 4.72. The van der Waals surface area contributed by atoms with Crippen LogP contribution in [0.3, 0.4) is 0 Å². The predicted octanol–water partition coefficient (Wildman–Crippen LogP) is 2.87. The van der Waals surface area contributed by atoms with Gasteiger partial charge in [-0.3, -0.25) is 0 Å². The van der Waals surface area contributed by atoms with Crippen molar-refractivity contribution in [1.29, 1.82) is 0 Å². The molecule has 90 valence electrons. The van der Waals surface area contributed by atoms with Gasteiger partial charge in [-0.2, -0.15) is 0 Å². The Morgan fingerprint density at radius 3 is 2.62 bits per heavy atom. The monoisotopic (exact) mass is 221 g/mol. The van der Waals surface area contributed by atoms with Crippen LogP contribution in [0.5, 0.6) is 5.75 Å². The van der Waals surface area contributed by atoms with Crippen molar-refractivity contribution in [2.24, 2.45) is 5.92 Å². The molecular formula is C14H23NO. The van der Waals surface area contributed by atoms with Crippen LogP contribution in [0, 0.1) is 5.92 Å². The van der Waals surface area contributed by atoms with Gasteiger partial charge in [0, 0.05) is 6.04 Å². The normalized spacial score (nSPS) is 12.8. The maximum atomic E-state index is 5.22. The van der Waals surface area contributed by atoms with E-state index in [-0.39, 0.29) is 0 Å². The predicted molar refractivity (Wildman–Crippen MR) is 69.0 cm³/mol. The first kappa shape index (κ1) is 13.0. The average Bonchev–Trinajstić information content (AvgIpc) is 2.26. The van der Waals surface area contributed by atoms with Gasteiger partial charge in [0.05, 0.1) is 7.11 Å². The molecule has 0 radical (unpaired) electrons. The van der Waals surface area contributed by atoms with Gasteiger partial charge in [-0.1, -0.05) is 32.9 Å². The summed E-state index contributed by atoms with van der Waals surface area (Å²) in [7, 11) is 1.71. The zero-order valence-electron chi connectivity index (χ0n) is 10.8. The molecule has 0 aliphatic rings. The number of ether oxygens (including phenoxy) is 1. The molecule has 1 rings (SSSR count). The van der Waals surface area contributed by atoms with Gasteiger partial charge in [-0.05, 0) is 36.6 Å². The molecule has 2 heteroatoms. The Labute approximate surface area is 99.0 Å². The quantitative estimate of drug-likeness (QED) is 0.797. The molecule has 16 heavy (non-hydrogen) atoms. The summed E-state index contributed by atoms with van der Waals surface area (Å²) in [6.07, 6.45) is 1.09. The summed E-state index contributed by atoms with van der Waals surface area (Å²) in [5.41, 5.74) is 1.34. The van der Waals surface area contributed by atoms with E-state index >= 15 is 0 Å². The second-order valence-electron chi connectivity index (χ2n) is 4.72. The third kappa shape index (κ3) is 4.67. The molecule has 1 aromatic carbocycles. The number of methoxy groups -OCH3 is 1. The Hall–Kier alpha value is -1.02. The molecule has 0 aliphatic carbocycles. The van der Waals surface area contributed by atoms with Crippen molar-refractivity contribution in [1.82, 2.24) is 5.32 Å². The molecule has 0 saturated carbocycles. The second kappa shape index (κ2) is 6.54. The van der Waals surface area contributed by atoms with E-state index < -0.39 is 0 Å². The number of rotatable bonds is 6. The van der Waals surface area contributed by atoms with Crippen LogP contribution >= 0.6 is 0 Å². The first-order chi connectivity index (χ1) is 7.61. The largest absolute Gasteiger partial charge is 0.497 e. The maximum absolute atomic E-state index is 5.22. The molecule has 1 atom stereocenters. The summed E-state index contributed by atoms with van der Waals surface area (Å²) in [5.74, 6) is 1.59. The molecule has 1 N–H and O–H groups in total. The van der Waals surface area contributed by atoms with Gasteiger partial charge in [-0.15, -0.1) is 0 Å². The zero-order chi connectivity index (χ0) is 12.0. The van der Waals surface area contributed by atoms with Gasteiger partial charge in [0.25, 0.3) is 0 Å². The van der Waals surface area contributed by atoms with Crippen LogP contribution in [0.2, 0.25) is 0 Å². The SMILES string of the molecule is COc1cccc(CC(C)CNC(C)C)c1. The average molecular weight is 221 g/mol. The minimum atomic E-state index is 0.563. The van der Waals surface area contributed by atoms with Crippen molar-refractivity contribution in [3.8, 4) is 5.75 Å². The lowest BCUT2D eigenvalue weighted by atomic mass is 10.0. The molecule has 0 spiro atoms. The maximum Gasteiger partial charge on any atom is 0.119 e. The molecule has 0 saturated heterocycles. The van der Waals surface area contributed by atoms with Crippen molar-refractivity contribution in [3.05, 3.63) is 29.8 Å². The topological polar surface area (TPSA) is 21.3 Å². The van der Waals surface area contributed by atoms with Crippen LogP contribution in [-0.4, -0.2) is 19.7 Å². The van der Waals surface area contributed by atoms with Crippen molar-refractivity contribution < 1.29 is 4.74 Å². The van der Waals surface area contributed by atoms with Crippen molar-refractivity contribution in [3.63, 3.8) is 0 Å². The number of nitrogens with one attached hydrogen (secondary N) is 1. The highest BCUT2D eigenvalue weighted by Crippen LogP contribution is 2.15. The fraction of sp³-hybridized carbons (Fsp3) is 0.571. The summed E-state index contributed by atoms with van der Waals surface area (Å²) >= 11 is 0. The lowest BCUT2D eigenvalue weighted by Gasteiger charge is -2.15. The highest BCUT2D eigenvalue weighted by Gasteiger charge is 2.05. The molecule has 2 nitrogen and oxygen atoms in total.